The normalized spacial score (nSPS) is 16.9. The van der Waals surface area contributed by atoms with Crippen molar-refractivity contribution in [1.29, 1.82) is 0 Å². The topological polar surface area (TPSA) is 55.3 Å². The average Bonchev–Trinajstić information content (AvgIpc) is 2.71. The Kier molecular flexibility index (Phi) is 9.01. The van der Waals surface area contributed by atoms with Crippen molar-refractivity contribution < 1.29 is 13.9 Å². The third-order valence-electron chi connectivity index (χ3n) is 4.95. The predicted molar refractivity (Wildman–Crippen MR) is 109 cm³/mol. The summed E-state index contributed by atoms with van der Waals surface area (Å²) < 4.78 is 18.3. The maximum atomic E-state index is 12.9. The van der Waals surface area contributed by atoms with Gasteiger partial charge in [-0.15, -0.1) is 0 Å². The monoisotopic (exact) mass is 387 g/mol. The molecular formula is C22H30FN3O2. The van der Waals surface area contributed by atoms with Crippen LogP contribution in [0.25, 0.3) is 0 Å². The van der Waals surface area contributed by atoms with Crippen LogP contribution in [0, 0.1) is 12.8 Å². The molecule has 1 aromatic rings. The highest BCUT2D eigenvalue weighted by Gasteiger charge is 2.25. The molecule has 0 saturated carbocycles. The van der Waals surface area contributed by atoms with Crippen LogP contribution in [0.4, 0.5) is 4.39 Å². The number of carbonyl (C=O) groups excluding carboxylic acids is 1. The molecule has 1 aliphatic rings. The number of aryl methyl sites for hydroxylation is 1. The van der Waals surface area contributed by atoms with E-state index >= 15 is 0 Å². The highest BCUT2D eigenvalue weighted by atomic mass is 19.1. The van der Waals surface area contributed by atoms with Crippen LogP contribution in [0.15, 0.2) is 42.4 Å². The zero-order valence-electron chi connectivity index (χ0n) is 17.0. The van der Waals surface area contributed by atoms with Crippen LogP contribution in [0.2, 0.25) is 0 Å². The molecule has 2 rings (SSSR count). The minimum Gasteiger partial charge on any atom is -0.480 e. The summed E-state index contributed by atoms with van der Waals surface area (Å²) in [5.41, 5.74) is 2.24. The molecule has 28 heavy (non-hydrogen) atoms. The SMILES string of the molecule is C\C=C/C=C\C(=C\F)CCC(=O)C1CCN(Cc2nc(C)cnc2OC)CC1. The van der Waals surface area contributed by atoms with E-state index in [2.05, 4.69) is 14.9 Å². The van der Waals surface area contributed by atoms with E-state index in [1.807, 2.05) is 26.0 Å². The van der Waals surface area contributed by atoms with Gasteiger partial charge in [-0.25, -0.2) is 14.4 Å². The molecule has 2 heterocycles. The summed E-state index contributed by atoms with van der Waals surface area (Å²) in [6.07, 6.45) is 12.0. The number of Topliss-reactive ketones (excluding diaryl/α,β-unsaturated/α-hetero) is 1. The summed E-state index contributed by atoms with van der Waals surface area (Å²) in [4.78, 5) is 23.6. The first-order valence-electron chi connectivity index (χ1n) is 9.77. The van der Waals surface area contributed by atoms with Crippen molar-refractivity contribution in [2.24, 2.45) is 5.92 Å². The van der Waals surface area contributed by atoms with Crippen LogP contribution in [0.3, 0.4) is 0 Å². The van der Waals surface area contributed by atoms with Crippen molar-refractivity contribution in [3.05, 3.63) is 53.8 Å². The fourth-order valence-electron chi connectivity index (χ4n) is 3.35. The van der Waals surface area contributed by atoms with E-state index in [-0.39, 0.29) is 11.7 Å². The lowest BCUT2D eigenvalue weighted by molar-refractivity contribution is -0.124. The molecule has 152 valence electrons. The van der Waals surface area contributed by atoms with E-state index in [0.29, 0.717) is 37.2 Å². The molecule has 1 aromatic heterocycles. The lowest BCUT2D eigenvalue weighted by Gasteiger charge is -2.31. The second kappa shape index (κ2) is 11.5. The molecule has 0 spiro atoms. The van der Waals surface area contributed by atoms with Gasteiger partial charge in [0.2, 0.25) is 5.88 Å². The quantitative estimate of drug-likeness (QED) is 0.590. The summed E-state index contributed by atoms with van der Waals surface area (Å²) in [5, 5.41) is 0. The highest BCUT2D eigenvalue weighted by Crippen LogP contribution is 2.24. The molecule has 1 aliphatic heterocycles. The smallest absolute Gasteiger partial charge is 0.236 e. The van der Waals surface area contributed by atoms with Gasteiger partial charge in [0.1, 0.15) is 11.5 Å². The van der Waals surface area contributed by atoms with Gasteiger partial charge in [0.25, 0.3) is 0 Å². The van der Waals surface area contributed by atoms with Gasteiger partial charge in [-0.1, -0.05) is 24.3 Å². The number of nitrogens with zero attached hydrogens (tertiary/aromatic N) is 3. The molecule has 0 radical (unpaired) electrons. The molecule has 0 amide bonds. The van der Waals surface area contributed by atoms with Crippen LogP contribution < -0.4 is 4.74 Å². The van der Waals surface area contributed by atoms with Gasteiger partial charge in [0, 0.05) is 18.9 Å². The maximum Gasteiger partial charge on any atom is 0.236 e. The molecular weight excluding hydrogens is 357 g/mol. The number of rotatable bonds is 9. The summed E-state index contributed by atoms with van der Waals surface area (Å²) in [5.74, 6) is 0.841. The van der Waals surface area contributed by atoms with Crippen molar-refractivity contribution in [2.45, 2.75) is 46.1 Å². The molecule has 0 unspecified atom stereocenters. The number of likely N-dealkylation sites (tertiary alicyclic amines) is 1. The van der Waals surface area contributed by atoms with Crippen molar-refractivity contribution in [3.8, 4) is 5.88 Å². The Labute approximate surface area is 167 Å². The first-order valence-corrected chi connectivity index (χ1v) is 9.77. The fourth-order valence-corrected chi connectivity index (χ4v) is 3.35. The van der Waals surface area contributed by atoms with Gasteiger partial charge < -0.3 is 4.74 Å². The Morgan fingerprint density at radius 1 is 1.32 bits per heavy atom. The number of hydrogen-bond acceptors (Lipinski definition) is 5. The van der Waals surface area contributed by atoms with E-state index < -0.39 is 0 Å². The van der Waals surface area contributed by atoms with Crippen LogP contribution in [0.5, 0.6) is 5.88 Å². The van der Waals surface area contributed by atoms with Crippen LogP contribution in [0.1, 0.15) is 44.0 Å². The van der Waals surface area contributed by atoms with Gasteiger partial charge in [-0.2, -0.15) is 0 Å². The number of aromatic nitrogens is 2. The summed E-state index contributed by atoms with van der Waals surface area (Å²) in [6.45, 7) is 6.16. The summed E-state index contributed by atoms with van der Waals surface area (Å²) >= 11 is 0. The van der Waals surface area contributed by atoms with Gasteiger partial charge in [0.15, 0.2) is 0 Å². The Morgan fingerprint density at radius 2 is 2.07 bits per heavy atom. The molecule has 6 heteroatoms. The molecule has 0 aromatic carbocycles. The van der Waals surface area contributed by atoms with Gasteiger partial charge in [-0.05, 0) is 51.8 Å². The Balaban J connectivity index is 1.81. The Hall–Kier alpha value is -2.34. The van der Waals surface area contributed by atoms with Gasteiger partial charge in [0.05, 0.1) is 25.3 Å². The lowest BCUT2D eigenvalue weighted by atomic mass is 9.89. The number of carbonyl (C=O) groups is 1. The van der Waals surface area contributed by atoms with E-state index in [4.69, 9.17) is 4.74 Å². The summed E-state index contributed by atoms with van der Waals surface area (Å²) in [7, 11) is 1.60. The number of piperidine rings is 1. The first kappa shape index (κ1) is 22.0. The van der Waals surface area contributed by atoms with Crippen molar-refractivity contribution in [2.75, 3.05) is 20.2 Å². The Morgan fingerprint density at radius 3 is 2.71 bits per heavy atom. The molecule has 0 bridgehead atoms. The van der Waals surface area contributed by atoms with Gasteiger partial charge >= 0.3 is 0 Å². The fraction of sp³-hybridized carbons (Fsp3) is 0.500. The van der Waals surface area contributed by atoms with E-state index in [1.165, 1.54) is 0 Å². The number of allylic oxidation sites excluding steroid dienone is 5. The number of hydrogen-bond donors (Lipinski definition) is 0. The van der Waals surface area contributed by atoms with Crippen molar-refractivity contribution in [1.82, 2.24) is 14.9 Å². The van der Waals surface area contributed by atoms with E-state index in [9.17, 15) is 9.18 Å². The zero-order valence-corrected chi connectivity index (χ0v) is 17.0. The lowest BCUT2D eigenvalue weighted by Crippen LogP contribution is -2.36. The number of ether oxygens (including phenoxy) is 1. The number of methoxy groups -OCH3 is 1. The Bertz CT molecular complexity index is 735. The van der Waals surface area contributed by atoms with Crippen LogP contribution >= 0.6 is 0 Å². The second-order valence-corrected chi connectivity index (χ2v) is 7.05. The van der Waals surface area contributed by atoms with Crippen LogP contribution in [-0.4, -0.2) is 40.9 Å². The van der Waals surface area contributed by atoms with Crippen molar-refractivity contribution >= 4 is 5.78 Å². The van der Waals surface area contributed by atoms with Gasteiger partial charge in [-0.3, -0.25) is 9.69 Å². The molecule has 0 aliphatic carbocycles. The number of halogens is 1. The highest BCUT2D eigenvalue weighted by molar-refractivity contribution is 5.81. The standard InChI is InChI=1S/C22H30FN3O2/c1-4-5-6-7-18(14-23)8-9-21(27)19-10-12-26(13-11-19)16-20-22(28-3)24-15-17(2)25-20/h4-7,14-15,19H,8-13,16H2,1-3H3/b5-4-,7-6-,18-14-. The summed E-state index contributed by atoms with van der Waals surface area (Å²) in [6, 6.07) is 0. The molecule has 1 fully saturated rings. The molecule has 0 N–H and O–H groups in total. The minimum atomic E-state index is 0.0575. The van der Waals surface area contributed by atoms with Crippen molar-refractivity contribution in [3.63, 3.8) is 0 Å². The van der Waals surface area contributed by atoms with E-state index in [0.717, 1.165) is 37.3 Å². The maximum absolute atomic E-state index is 12.9. The second-order valence-electron chi connectivity index (χ2n) is 7.05. The molecule has 1 saturated heterocycles. The van der Waals surface area contributed by atoms with Crippen LogP contribution in [-0.2, 0) is 11.3 Å². The third kappa shape index (κ3) is 6.68. The minimum absolute atomic E-state index is 0.0575. The number of ketones is 1. The third-order valence-corrected chi connectivity index (χ3v) is 4.95. The predicted octanol–water partition coefficient (Wildman–Crippen LogP) is 4.34. The largest absolute Gasteiger partial charge is 0.480 e. The average molecular weight is 387 g/mol. The first-order chi connectivity index (χ1) is 13.6. The van der Waals surface area contributed by atoms with E-state index in [1.54, 1.807) is 25.5 Å². The zero-order chi connectivity index (χ0) is 20.4. The molecule has 5 nitrogen and oxygen atoms in total. The molecule has 0 atom stereocenters.